The maximum atomic E-state index is 12.5. The second-order valence-corrected chi connectivity index (χ2v) is 6.95. The zero-order valence-electron chi connectivity index (χ0n) is 13.1. The van der Waals surface area contributed by atoms with E-state index in [-0.39, 0.29) is 22.2 Å². The van der Waals surface area contributed by atoms with Crippen LogP contribution in [0, 0.1) is 20.8 Å². The van der Waals surface area contributed by atoms with Crippen LogP contribution in [-0.2, 0) is 16.2 Å². The van der Waals surface area contributed by atoms with Crippen LogP contribution in [0.25, 0.3) is 0 Å². The number of hydrogen-bond donors (Lipinski definition) is 2. The van der Waals surface area contributed by atoms with Crippen molar-refractivity contribution in [3.8, 4) is 5.75 Å². The van der Waals surface area contributed by atoms with Crippen LogP contribution in [0.2, 0.25) is 0 Å². The van der Waals surface area contributed by atoms with Crippen molar-refractivity contribution in [1.29, 1.82) is 0 Å². The Balaban J connectivity index is 2.39. The molecule has 0 bridgehead atoms. The normalized spacial score (nSPS) is 12.2. The number of halogens is 3. The molecule has 2 N–H and O–H groups in total. The molecule has 0 aliphatic heterocycles. The number of alkyl halides is 3. The van der Waals surface area contributed by atoms with Gasteiger partial charge in [-0.05, 0) is 56.2 Å². The highest BCUT2D eigenvalue weighted by Gasteiger charge is 2.30. The summed E-state index contributed by atoms with van der Waals surface area (Å²) in [5.41, 5.74) is 0.191. The minimum atomic E-state index is -4.54. The number of nitrogens with one attached hydrogen (secondary N) is 1. The molecule has 0 saturated carbocycles. The number of anilines is 1. The quantitative estimate of drug-likeness (QED) is 0.878. The number of pyridine rings is 1. The molecule has 5 nitrogen and oxygen atoms in total. The highest BCUT2D eigenvalue weighted by molar-refractivity contribution is 7.92. The fourth-order valence-corrected chi connectivity index (χ4v) is 3.11. The number of aromatic hydroxyl groups is 1. The van der Waals surface area contributed by atoms with Crippen molar-refractivity contribution in [2.45, 2.75) is 31.8 Å². The summed E-state index contributed by atoms with van der Waals surface area (Å²) in [6, 6.07) is 3.14. The van der Waals surface area contributed by atoms with Crippen molar-refractivity contribution in [3.05, 3.63) is 46.6 Å². The third kappa shape index (κ3) is 3.45. The molecule has 2 rings (SSSR count). The molecule has 9 heteroatoms. The summed E-state index contributed by atoms with van der Waals surface area (Å²) >= 11 is 0. The second kappa shape index (κ2) is 5.97. The van der Waals surface area contributed by atoms with E-state index in [4.69, 9.17) is 0 Å². The van der Waals surface area contributed by atoms with Gasteiger partial charge in [-0.25, -0.2) is 13.4 Å². The highest BCUT2D eigenvalue weighted by Crippen LogP contribution is 2.31. The average Bonchev–Trinajstić information content (AvgIpc) is 2.49. The van der Waals surface area contributed by atoms with E-state index in [2.05, 4.69) is 9.71 Å². The van der Waals surface area contributed by atoms with Crippen LogP contribution in [0.15, 0.2) is 29.2 Å². The zero-order chi connectivity index (χ0) is 18.3. The van der Waals surface area contributed by atoms with Gasteiger partial charge in [0.25, 0.3) is 10.0 Å². The number of aromatic nitrogens is 1. The SMILES string of the molecule is Cc1nc(NS(=O)(=O)c2ccc(C(F)(F)F)cc2)c(C)c(C)c1O. The number of hydrogen-bond acceptors (Lipinski definition) is 4. The predicted octanol–water partition coefficient (Wildman–Crippen LogP) is 3.53. The van der Waals surface area contributed by atoms with Gasteiger partial charge in [-0.2, -0.15) is 13.2 Å². The van der Waals surface area contributed by atoms with Crippen LogP contribution in [0.4, 0.5) is 19.0 Å². The van der Waals surface area contributed by atoms with Crippen LogP contribution < -0.4 is 4.72 Å². The van der Waals surface area contributed by atoms with Crippen LogP contribution in [0.1, 0.15) is 22.4 Å². The van der Waals surface area contributed by atoms with E-state index in [1.807, 2.05) is 0 Å². The first-order chi connectivity index (χ1) is 10.9. The summed E-state index contributed by atoms with van der Waals surface area (Å²) in [6.45, 7) is 4.69. The Labute approximate surface area is 137 Å². The fraction of sp³-hybridized carbons (Fsp3) is 0.267. The molecular formula is C15H15F3N2O3S. The first-order valence-electron chi connectivity index (χ1n) is 6.80. The van der Waals surface area contributed by atoms with Gasteiger partial charge >= 0.3 is 6.18 Å². The summed E-state index contributed by atoms with van der Waals surface area (Å²) in [5, 5.41) is 9.79. The summed E-state index contributed by atoms with van der Waals surface area (Å²) in [6.07, 6.45) is -4.54. The van der Waals surface area contributed by atoms with Crippen molar-refractivity contribution in [1.82, 2.24) is 4.98 Å². The Bertz CT molecular complexity index is 876. The molecule has 24 heavy (non-hydrogen) atoms. The number of sulfonamides is 1. The van der Waals surface area contributed by atoms with Crippen molar-refractivity contribution in [3.63, 3.8) is 0 Å². The second-order valence-electron chi connectivity index (χ2n) is 5.27. The fourth-order valence-electron chi connectivity index (χ4n) is 2.04. The minimum Gasteiger partial charge on any atom is -0.506 e. The van der Waals surface area contributed by atoms with Crippen molar-refractivity contribution < 1.29 is 26.7 Å². The Morgan fingerprint density at radius 1 is 1.04 bits per heavy atom. The smallest absolute Gasteiger partial charge is 0.416 e. The van der Waals surface area contributed by atoms with Gasteiger partial charge in [0.05, 0.1) is 16.2 Å². The molecule has 0 spiro atoms. The van der Waals surface area contributed by atoms with Crippen molar-refractivity contribution in [2.75, 3.05) is 4.72 Å². The number of benzene rings is 1. The largest absolute Gasteiger partial charge is 0.506 e. The van der Waals surface area contributed by atoms with E-state index in [9.17, 15) is 26.7 Å². The number of nitrogens with zero attached hydrogens (tertiary/aromatic N) is 1. The molecule has 1 aromatic carbocycles. The Morgan fingerprint density at radius 2 is 1.58 bits per heavy atom. The predicted molar refractivity (Wildman–Crippen MR) is 82.4 cm³/mol. The van der Waals surface area contributed by atoms with Gasteiger partial charge < -0.3 is 5.11 Å². The molecule has 1 heterocycles. The first-order valence-corrected chi connectivity index (χ1v) is 8.28. The van der Waals surface area contributed by atoms with E-state index in [0.29, 0.717) is 23.3 Å². The lowest BCUT2D eigenvalue weighted by Gasteiger charge is -2.14. The van der Waals surface area contributed by atoms with Crippen LogP contribution in [-0.4, -0.2) is 18.5 Å². The Hall–Kier alpha value is -2.29. The maximum absolute atomic E-state index is 12.5. The first kappa shape index (κ1) is 18.1. The van der Waals surface area contributed by atoms with Gasteiger partial charge in [0.15, 0.2) is 0 Å². The van der Waals surface area contributed by atoms with Gasteiger partial charge in [0.1, 0.15) is 11.6 Å². The molecule has 0 saturated heterocycles. The van der Waals surface area contributed by atoms with E-state index >= 15 is 0 Å². The number of aryl methyl sites for hydroxylation is 1. The third-order valence-corrected chi connectivity index (χ3v) is 4.97. The van der Waals surface area contributed by atoms with Crippen molar-refractivity contribution >= 4 is 15.8 Å². The molecule has 0 amide bonds. The van der Waals surface area contributed by atoms with Gasteiger partial charge in [-0.1, -0.05) is 0 Å². The van der Waals surface area contributed by atoms with E-state index in [1.165, 1.54) is 6.92 Å². The standard InChI is InChI=1S/C15H15F3N2O3S/c1-8-9(2)14(19-10(3)13(8)21)20-24(22,23)12-6-4-11(5-7-12)15(16,17)18/h4-7,21H,1-3H3,(H,19,20). The molecule has 0 radical (unpaired) electrons. The molecular weight excluding hydrogens is 345 g/mol. The van der Waals surface area contributed by atoms with Gasteiger partial charge in [-0.15, -0.1) is 0 Å². The Kier molecular flexibility index (Phi) is 4.49. The molecule has 0 unspecified atom stereocenters. The molecule has 1 aromatic heterocycles. The number of rotatable bonds is 3. The highest BCUT2D eigenvalue weighted by atomic mass is 32.2. The summed E-state index contributed by atoms with van der Waals surface area (Å²) in [4.78, 5) is 3.66. The third-order valence-electron chi connectivity index (χ3n) is 3.62. The van der Waals surface area contributed by atoms with Crippen LogP contribution in [0.5, 0.6) is 5.75 Å². The summed E-state index contributed by atoms with van der Waals surface area (Å²) in [5.74, 6) is -0.0207. The molecule has 130 valence electrons. The van der Waals surface area contributed by atoms with Gasteiger partial charge in [0, 0.05) is 0 Å². The zero-order valence-corrected chi connectivity index (χ0v) is 13.9. The van der Waals surface area contributed by atoms with E-state index in [0.717, 1.165) is 12.1 Å². The summed E-state index contributed by atoms with van der Waals surface area (Å²) in [7, 11) is -4.11. The lowest BCUT2D eigenvalue weighted by molar-refractivity contribution is -0.137. The minimum absolute atomic E-state index is 0.0164. The molecule has 2 aromatic rings. The van der Waals surface area contributed by atoms with E-state index < -0.39 is 21.8 Å². The lowest BCUT2D eigenvalue weighted by atomic mass is 10.1. The molecule has 0 fully saturated rings. The summed E-state index contributed by atoms with van der Waals surface area (Å²) < 4.78 is 64.5. The molecule has 0 atom stereocenters. The topological polar surface area (TPSA) is 79.3 Å². The van der Waals surface area contributed by atoms with Crippen molar-refractivity contribution in [2.24, 2.45) is 0 Å². The molecule has 0 aliphatic carbocycles. The Morgan fingerprint density at radius 3 is 2.08 bits per heavy atom. The lowest BCUT2D eigenvalue weighted by Crippen LogP contribution is -2.16. The monoisotopic (exact) mass is 360 g/mol. The van der Waals surface area contributed by atoms with Crippen LogP contribution >= 0.6 is 0 Å². The van der Waals surface area contributed by atoms with Gasteiger partial charge in [-0.3, -0.25) is 4.72 Å². The maximum Gasteiger partial charge on any atom is 0.416 e. The van der Waals surface area contributed by atoms with Crippen LogP contribution in [0.3, 0.4) is 0 Å². The average molecular weight is 360 g/mol. The van der Waals surface area contributed by atoms with E-state index in [1.54, 1.807) is 13.8 Å². The molecule has 0 aliphatic rings. The van der Waals surface area contributed by atoms with Gasteiger partial charge in [0.2, 0.25) is 0 Å².